The number of oxazole rings is 1. The highest BCUT2D eigenvalue weighted by molar-refractivity contribution is 7.99. The van der Waals surface area contributed by atoms with Gasteiger partial charge >= 0.3 is 0 Å². The second-order valence-electron chi connectivity index (χ2n) is 7.87. The molecule has 1 aliphatic carbocycles. The molecule has 1 aromatic heterocycles. The van der Waals surface area contributed by atoms with Gasteiger partial charge in [0.1, 0.15) is 5.52 Å². The van der Waals surface area contributed by atoms with E-state index in [0.29, 0.717) is 17.4 Å². The first-order valence-electron chi connectivity index (χ1n) is 10.8. The quantitative estimate of drug-likeness (QED) is 0.529. The maximum atomic E-state index is 13.0. The highest BCUT2D eigenvalue weighted by Crippen LogP contribution is 2.23. The summed E-state index contributed by atoms with van der Waals surface area (Å²) in [7, 11) is 0. The van der Waals surface area contributed by atoms with E-state index in [0.717, 1.165) is 36.8 Å². The van der Waals surface area contributed by atoms with Crippen LogP contribution in [-0.2, 0) is 16.1 Å². The number of thioether (sulfide) groups is 1. The third-order valence-corrected chi connectivity index (χ3v) is 6.28. The average molecular weight is 438 g/mol. The predicted octanol–water partition coefficient (Wildman–Crippen LogP) is 4.40. The lowest BCUT2D eigenvalue weighted by molar-refractivity contribution is -0.134. The van der Waals surface area contributed by atoms with Crippen molar-refractivity contribution in [3.05, 3.63) is 60.2 Å². The monoisotopic (exact) mass is 437 g/mol. The van der Waals surface area contributed by atoms with Gasteiger partial charge in [0.05, 0.1) is 12.3 Å². The summed E-state index contributed by atoms with van der Waals surface area (Å²) >= 11 is 1.26. The number of rotatable bonds is 8. The van der Waals surface area contributed by atoms with Gasteiger partial charge in [0.2, 0.25) is 11.8 Å². The van der Waals surface area contributed by atoms with Crippen molar-refractivity contribution in [1.82, 2.24) is 15.2 Å². The minimum Gasteiger partial charge on any atom is -0.431 e. The highest BCUT2D eigenvalue weighted by Gasteiger charge is 2.21. The summed E-state index contributed by atoms with van der Waals surface area (Å²) in [6.45, 7) is 0.449. The first-order chi connectivity index (χ1) is 15.2. The second-order valence-corrected chi connectivity index (χ2v) is 8.80. The number of nitrogens with one attached hydrogen (secondary N) is 1. The molecule has 31 heavy (non-hydrogen) atoms. The molecule has 162 valence electrons. The van der Waals surface area contributed by atoms with Crippen LogP contribution in [0, 0.1) is 0 Å². The zero-order valence-corrected chi connectivity index (χ0v) is 18.3. The maximum Gasteiger partial charge on any atom is 0.257 e. The number of para-hydroxylation sites is 2. The van der Waals surface area contributed by atoms with Gasteiger partial charge in [-0.25, -0.2) is 4.98 Å². The van der Waals surface area contributed by atoms with Gasteiger partial charge in [0.25, 0.3) is 5.22 Å². The van der Waals surface area contributed by atoms with Gasteiger partial charge in [-0.2, -0.15) is 0 Å². The molecule has 6 nitrogen and oxygen atoms in total. The smallest absolute Gasteiger partial charge is 0.257 e. The molecule has 1 heterocycles. The summed E-state index contributed by atoms with van der Waals surface area (Å²) in [5, 5.41) is 3.57. The number of nitrogens with zero attached hydrogens (tertiary/aromatic N) is 2. The lowest BCUT2D eigenvalue weighted by atomic mass is 9.95. The fraction of sp³-hybridized carbons (Fsp3) is 0.375. The Bertz CT molecular complexity index is 982. The van der Waals surface area contributed by atoms with Crippen LogP contribution in [0.1, 0.15) is 37.7 Å². The van der Waals surface area contributed by atoms with Gasteiger partial charge in [-0.3, -0.25) is 9.59 Å². The van der Waals surface area contributed by atoms with E-state index in [4.69, 9.17) is 4.42 Å². The molecule has 4 rings (SSSR count). The lowest BCUT2D eigenvalue weighted by Gasteiger charge is -2.26. The summed E-state index contributed by atoms with van der Waals surface area (Å²) in [4.78, 5) is 31.7. The first-order valence-corrected chi connectivity index (χ1v) is 11.8. The van der Waals surface area contributed by atoms with Crippen LogP contribution in [0.5, 0.6) is 0 Å². The first kappa shape index (κ1) is 21.4. The van der Waals surface area contributed by atoms with Crippen molar-refractivity contribution in [2.45, 2.75) is 49.9 Å². The number of amides is 2. The summed E-state index contributed by atoms with van der Waals surface area (Å²) < 4.78 is 5.70. The molecule has 0 radical (unpaired) electrons. The number of hydrogen-bond donors (Lipinski definition) is 1. The van der Waals surface area contributed by atoms with Gasteiger partial charge in [-0.05, 0) is 30.5 Å². The van der Waals surface area contributed by atoms with E-state index in [1.165, 1.54) is 18.2 Å². The Kier molecular flexibility index (Phi) is 7.25. The fourth-order valence-electron chi connectivity index (χ4n) is 3.86. The largest absolute Gasteiger partial charge is 0.431 e. The van der Waals surface area contributed by atoms with Crippen molar-refractivity contribution >= 4 is 34.7 Å². The molecular weight excluding hydrogens is 410 g/mol. The molecule has 7 heteroatoms. The fourth-order valence-corrected chi connectivity index (χ4v) is 4.60. The van der Waals surface area contributed by atoms with Crippen molar-refractivity contribution in [2.75, 3.05) is 12.3 Å². The van der Waals surface area contributed by atoms with E-state index >= 15 is 0 Å². The summed E-state index contributed by atoms with van der Waals surface area (Å²) in [6, 6.07) is 17.5. The van der Waals surface area contributed by atoms with Crippen LogP contribution < -0.4 is 5.32 Å². The molecule has 0 bridgehead atoms. The topological polar surface area (TPSA) is 75.4 Å². The van der Waals surface area contributed by atoms with Crippen LogP contribution in [0.25, 0.3) is 11.1 Å². The molecule has 3 aromatic rings. The van der Waals surface area contributed by atoms with Gasteiger partial charge in [0.15, 0.2) is 5.58 Å². The molecule has 2 aromatic carbocycles. The zero-order chi connectivity index (χ0) is 21.5. The van der Waals surface area contributed by atoms with Crippen LogP contribution in [0.2, 0.25) is 0 Å². The molecule has 1 saturated carbocycles. The molecular formula is C24H27N3O3S. The van der Waals surface area contributed by atoms with E-state index in [1.54, 1.807) is 4.90 Å². The Labute approximate surface area is 186 Å². The number of fused-ring (bicyclic) bond motifs is 1. The molecule has 0 unspecified atom stereocenters. The molecule has 0 spiro atoms. The van der Waals surface area contributed by atoms with E-state index in [-0.39, 0.29) is 30.2 Å². The standard InChI is InChI=1S/C24H27N3O3S/c28-22(25-19-11-5-2-6-12-19)16-27(15-18-9-3-1-4-10-18)23(29)17-31-24-26-20-13-7-8-14-21(20)30-24/h1,3-4,7-10,13-14,19H,2,5-6,11-12,15-17H2,(H,25,28). The van der Waals surface area contributed by atoms with Gasteiger partial charge < -0.3 is 14.6 Å². The number of aromatic nitrogens is 1. The normalized spacial score (nSPS) is 14.5. The third-order valence-electron chi connectivity index (χ3n) is 5.47. The Balaban J connectivity index is 1.39. The van der Waals surface area contributed by atoms with Gasteiger partial charge in [-0.15, -0.1) is 0 Å². The van der Waals surface area contributed by atoms with Crippen LogP contribution >= 0.6 is 11.8 Å². The molecule has 1 fully saturated rings. The van der Waals surface area contributed by atoms with E-state index in [2.05, 4.69) is 10.3 Å². The van der Waals surface area contributed by atoms with E-state index < -0.39 is 0 Å². The predicted molar refractivity (Wildman–Crippen MR) is 122 cm³/mol. The molecule has 0 atom stereocenters. The number of carbonyl (C=O) groups excluding carboxylic acids is 2. The van der Waals surface area contributed by atoms with Crippen molar-refractivity contribution in [3.8, 4) is 0 Å². The highest BCUT2D eigenvalue weighted by atomic mass is 32.2. The average Bonchev–Trinajstić information content (AvgIpc) is 3.21. The molecule has 0 saturated heterocycles. The lowest BCUT2D eigenvalue weighted by Crippen LogP contribution is -2.45. The van der Waals surface area contributed by atoms with E-state index in [1.807, 2.05) is 54.6 Å². The second kappa shape index (κ2) is 10.5. The van der Waals surface area contributed by atoms with Crippen molar-refractivity contribution in [3.63, 3.8) is 0 Å². The SMILES string of the molecule is O=C(CN(Cc1ccccc1)C(=O)CSc1nc2ccccc2o1)NC1CCCCC1. The van der Waals surface area contributed by atoms with Crippen molar-refractivity contribution < 1.29 is 14.0 Å². The summed E-state index contributed by atoms with van der Waals surface area (Å²) in [6.07, 6.45) is 5.58. The number of benzene rings is 2. The van der Waals surface area contributed by atoms with E-state index in [9.17, 15) is 9.59 Å². The molecule has 0 aliphatic heterocycles. The van der Waals surface area contributed by atoms with Crippen LogP contribution in [0.3, 0.4) is 0 Å². The number of carbonyl (C=O) groups is 2. The van der Waals surface area contributed by atoms with Crippen molar-refractivity contribution in [1.29, 1.82) is 0 Å². The molecule has 1 N–H and O–H groups in total. The maximum absolute atomic E-state index is 13.0. The third kappa shape index (κ3) is 6.10. The molecule has 1 aliphatic rings. The summed E-state index contributed by atoms with van der Waals surface area (Å²) in [5.41, 5.74) is 2.46. The van der Waals surface area contributed by atoms with Crippen LogP contribution in [0.15, 0.2) is 64.2 Å². The minimum absolute atomic E-state index is 0.0539. The van der Waals surface area contributed by atoms with Crippen LogP contribution in [0.4, 0.5) is 0 Å². The molecule has 2 amide bonds. The summed E-state index contributed by atoms with van der Waals surface area (Å²) in [5.74, 6) is -0.0472. The number of hydrogen-bond acceptors (Lipinski definition) is 5. The Hall–Kier alpha value is -2.80. The van der Waals surface area contributed by atoms with Crippen molar-refractivity contribution in [2.24, 2.45) is 0 Å². The minimum atomic E-state index is -0.116. The zero-order valence-electron chi connectivity index (χ0n) is 17.5. The Morgan fingerprint density at radius 2 is 1.77 bits per heavy atom. The van der Waals surface area contributed by atoms with Gasteiger partial charge in [0, 0.05) is 12.6 Å². The Morgan fingerprint density at radius 3 is 2.55 bits per heavy atom. The Morgan fingerprint density at radius 1 is 1.03 bits per heavy atom. The van der Waals surface area contributed by atoms with Gasteiger partial charge in [-0.1, -0.05) is 73.5 Å². The van der Waals surface area contributed by atoms with Crippen LogP contribution in [-0.4, -0.2) is 40.0 Å².